The number of carbonyl (C=O) groups excluding carboxylic acids is 4. The minimum absolute atomic E-state index is 0.117. The fraction of sp³-hybridized carbons (Fsp3) is 0.471. The van der Waals surface area contributed by atoms with Crippen molar-refractivity contribution in [2.24, 2.45) is 0 Å². The number of nitro benzene ring substituents is 1. The maximum Gasteiger partial charge on any atom is 0.417 e. The van der Waals surface area contributed by atoms with Crippen LogP contribution in [0.15, 0.2) is 65.9 Å². The molecule has 14 nitrogen and oxygen atoms in total. The van der Waals surface area contributed by atoms with Crippen molar-refractivity contribution in [3.8, 4) is 5.75 Å². The number of hydrogen-bond donors (Lipinski definition) is 0. The molecular weight excluding hydrogens is 706 g/mol. The molecule has 2 aliphatic rings. The van der Waals surface area contributed by atoms with E-state index in [2.05, 4.69) is 15.9 Å². The number of esters is 1. The van der Waals surface area contributed by atoms with Gasteiger partial charge in [-0.25, -0.2) is 14.5 Å². The van der Waals surface area contributed by atoms with E-state index in [-0.39, 0.29) is 49.4 Å². The largest absolute Gasteiger partial charge is 0.484 e. The molecule has 0 aliphatic carbocycles. The number of ether oxygens (including phenoxy) is 5. The molecule has 0 spiro atoms. The first-order valence-electron chi connectivity index (χ1n) is 15.8. The van der Waals surface area contributed by atoms with E-state index in [4.69, 9.17) is 23.7 Å². The predicted molar refractivity (Wildman–Crippen MR) is 178 cm³/mol. The van der Waals surface area contributed by atoms with Gasteiger partial charge in [-0.3, -0.25) is 24.6 Å². The van der Waals surface area contributed by atoms with Crippen LogP contribution < -0.4 is 4.74 Å². The van der Waals surface area contributed by atoms with Crippen molar-refractivity contribution in [2.75, 3.05) is 25.2 Å². The Labute approximate surface area is 292 Å². The number of amides is 3. The number of carbonyl (C=O) groups is 4. The zero-order valence-corrected chi connectivity index (χ0v) is 29.6. The van der Waals surface area contributed by atoms with Crippen molar-refractivity contribution in [3.63, 3.8) is 0 Å². The second kappa shape index (κ2) is 15.9. The lowest BCUT2D eigenvalue weighted by molar-refractivity contribution is -0.384. The molecule has 0 unspecified atom stereocenters. The van der Waals surface area contributed by atoms with E-state index in [0.29, 0.717) is 16.9 Å². The zero-order valence-electron chi connectivity index (χ0n) is 28.0. The molecule has 1 fully saturated rings. The van der Waals surface area contributed by atoms with E-state index in [9.17, 15) is 29.3 Å². The Kier molecular flexibility index (Phi) is 12.2. The smallest absolute Gasteiger partial charge is 0.417 e. The van der Waals surface area contributed by atoms with Gasteiger partial charge < -0.3 is 23.7 Å². The van der Waals surface area contributed by atoms with Crippen molar-refractivity contribution < 1.29 is 47.8 Å². The fourth-order valence-corrected chi connectivity index (χ4v) is 6.37. The number of rotatable bonds is 14. The van der Waals surface area contributed by atoms with E-state index in [1.165, 1.54) is 29.2 Å². The summed E-state index contributed by atoms with van der Waals surface area (Å²) in [4.78, 5) is 67.7. The molecule has 2 aliphatic heterocycles. The number of hydrogen-bond acceptors (Lipinski definition) is 11. The number of non-ortho nitro benzene ring substituents is 1. The quantitative estimate of drug-likeness (QED) is 0.0618. The van der Waals surface area contributed by atoms with Crippen LogP contribution in [-0.4, -0.2) is 87.2 Å². The van der Waals surface area contributed by atoms with Gasteiger partial charge in [0, 0.05) is 30.9 Å². The van der Waals surface area contributed by atoms with Gasteiger partial charge in [-0.15, -0.1) is 0 Å². The minimum atomic E-state index is -1.44. The van der Waals surface area contributed by atoms with Crippen LogP contribution in [-0.2, 0) is 39.9 Å². The van der Waals surface area contributed by atoms with Crippen LogP contribution in [0.4, 0.5) is 10.5 Å². The lowest BCUT2D eigenvalue weighted by Crippen LogP contribution is -2.74. The topological polar surface area (TPSA) is 164 Å². The molecule has 1 saturated heterocycles. The van der Waals surface area contributed by atoms with Crippen molar-refractivity contribution in [1.29, 1.82) is 0 Å². The highest BCUT2D eigenvalue weighted by atomic mass is 79.9. The molecule has 0 aromatic heterocycles. The average molecular weight is 747 g/mol. The molecule has 3 amide bonds. The van der Waals surface area contributed by atoms with Gasteiger partial charge in [0.2, 0.25) is 5.79 Å². The van der Waals surface area contributed by atoms with E-state index in [0.717, 1.165) is 4.90 Å². The van der Waals surface area contributed by atoms with Crippen LogP contribution in [0.3, 0.4) is 0 Å². The van der Waals surface area contributed by atoms with Crippen molar-refractivity contribution >= 4 is 45.5 Å². The van der Waals surface area contributed by atoms with Crippen molar-refractivity contribution in [1.82, 2.24) is 9.80 Å². The molecule has 0 saturated carbocycles. The summed E-state index contributed by atoms with van der Waals surface area (Å²) in [6.45, 7) is 8.06. The number of nitrogens with zero attached hydrogens (tertiary/aromatic N) is 3. The van der Waals surface area contributed by atoms with Crippen LogP contribution in [0.1, 0.15) is 53.0 Å². The molecule has 2 heterocycles. The summed E-state index contributed by atoms with van der Waals surface area (Å²) in [5.41, 5.74) is -0.409. The van der Waals surface area contributed by atoms with Gasteiger partial charge >= 0.3 is 12.1 Å². The monoisotopic (exact) mass is 745 g/mol. The molecule has 0 N–H and O–H groups in total. The normalized spacial score (nSPS) is 17.5. The van der Waals surface area contributed by atoms with E-state index < -0.39 is 58.9 Å². The van der Waals surface area contributed by atoms with Crippen LogP contribution in [0.2, 0.25) is 0 Å². The Morgan fingerprint density at radius 3 is 2.20 bits per heavy atom. The van der Waals surface area contributed by atoms with Gasteiger partial charge in [-0.1, -0.05) is 34.1 Å². The minimum Gasteiger partial charge on any atom is -0.484 e. The third kappa shape index (κ3) is 8.46. The summed E-state index contributed by atoms with van der Waals surface area (Å²) in [5, 5.41) is 11.2. The van der Waals surface area contributed by atoms with Gasteiger partial charge in [-0.2, -0.15) is 0 Å². The lowest BCUT2D eigenvalue weighted by atomic mass is 9.80. The predicted octanol–water partition coefficient (Wildman–Crippen LogP) is 5.27. The lowest BCUT2D eigenvalue weighted by Gasteiger charge is -2.54. The van der Waals surface area contributed by atoms with Crippen molar-refractivity contribution in [2.45, 2.75) is 77.5 Å². The van der Waals surface area contributed by atoms with Gasteiger partial charge in [0.05, 0.1) is 16.3 Å². The Bertz CT molecular complexity index is 1570. The van der Waals surface area contributed by atoms with Crippen LogP contribution in [0.25, 0.3) is 0 Å². The van der Waals surface area contributed by atoms with E-state index in [1.807, 2.05) is 0 Å². The van der Waals surface area contributed by atoms with Crippen LogP contribution in [0, 0.1) is 10.1 Å². The molecule has 15 heteroatoms. The fourth-order valence-electron chi connectivity index (χ4n) is 5.71. The second-order valence-corrected chi connectivity index (χ2v) is 12.7. The third-order valence-corrected chi connectivity index (χ3v) is 8.49. The summed E-state index contributed by atoms with van der Waals surface area (Å²) in [7, 11) is 0. The third-order valence-electron chi connectivity index (χ3n) is 7.75. The number of fused-ring (bicyclic) bond motifs is 1. The first kappa shape index (κ1) is 37.5. The number of benzene rings is 2. The summed E-state index contributed by atoms with van der Waals surface area (Å²) < 4.78 is 29.0. The van der Waals surface area contributed by atoms with Crippen LogP contribution >= 0.6 is 15.9 Å². The molecule has 2 aromatic carbocycles. The number of β-lactam (4-membered cyclic amide) rings is 1. The molecule has 2 atom stereocenters. The summed E-state index contributed by atoms with van der Waals surface area (Å²) in [5.74, 6) is -3.43. The highest BCUT2D eigenvalue weighted by Crippen LogP contribution is 2.45. The highest BCUT2D eigenvalue weighted by Gasteiger charge is 2.60. The van der Waals surface area contributed by atoms with Gasteiger partial charge in [-0.05, 0) is 77.3 Å². The Hall–Kier alpha value is -4.34. The first-order valence-corrected chi connectivity index (χ1v) is 16.9. The summed E-state index contributed by atoms with van der Waals surface area (Å²) in [6.07, 6.45) is -0.593. The number of halogens is 1. The number of imide groups is 1. The molecule has 0 radical (unpaired) electrons. The maximum absolute atomic E-state index is 14.1. The summed E-state index contributed by atoms with van der Waals surface area (Å²) >= 11 is 3.46. The van der Waals surface area contributed by atoms with Crippen molar-refractivity contribution in [3.05, 3.63) is 81.5 Å². The SMILES string of the molecule is CCOC(CBr)(OCC)C1=C(C(=O)OCc2ccc([N+](=O)[O-])cc2)N2C(=O)[C@@H](N(C(=O)COc3ccccc3)C(=O)OC(C)(C)C)[C@H]2CC1. The molecule has 4 rings (SSSR count). The highest BCUT2D eigenvalue weighted by molar-refractivity contribution is 9.09. The van der Waals surface area contributed by atoms with Gasteiger partial charge in [0.1, 0.15) is 29.7 Å². The molecule has 49 heavy (non-hydrogen) atoms. The van der Waals surface area contributed by atoms with Gasteiger partial charge in [0.25, 0.3) is 17.5 Å². The van der Waals surface area contributed by atoms with Gasteiger partial charge in [0.15, 0.2) is 6.61 Å². The number of alkyl halides is 1. The van der Waals surface area contributed by atoms with E-state index in [1.54, 1.807) is 65.0 Å². The van der Waals surface area contributed by atoms with Crippen LogP contribution in [0.5, 0.6) is 5.75 Å². The molecule has 2 aromatic rings. The Morgan fingerprint density at radius 2 is 1.65 bits per heavy atom. The second-order valence-electron chi connectivity index (χ2n) is 12.2. The number of nitro groups is 1. The maximum atomic E-state index is 14.1. The molecular formula is C34H40BrN3O11. The zero-order chi connectivity index (χ0) is 35.9. The first-order chi connectivity index (χ1) is 23.3. The Morgan fingerprint density at radius 1 is 1.02 bits per heavy atom. The van der Waals surface area contributed by atoms with E-state index >= 15 is 0 Å². The standard InChI is InChI=1S/C34H40BrN3O11/c1-6-47-34(21-35,48-7-2)25-17-18-26-29(37(32(42)49-33(3,4)5)27(39)20-45-24-11-9-8-10-12-24)30(40)36(26)28(25)31(41)46-19-22-13-15-23(16-14-22)38(43)44/h8-16,26,29H,6-7,17-21H2,1-5H3/t26-,29+/m1/s1. The summed E-state index contributed by atoms with van der Waals surface area (Å²) in [6, 6.07) is 11.9. The average Bonchev–Trinajstić information content (AvgIpc) is 3.07. The molecule has 264 valence electrons. The number of para-hydroxylation sites is 1. The molecule has 0 bridgehead atoms. The Balaban J connectivity index is 1.70.